The number of sulfonamides is 1. The summed E-state index contributed by atoms with van der Waals surface area (Å²) in [5.41, 5.74) is 2.68. The number of rotatable bonds is 4. The van der Waals surface area contributed by atoms with Crippen LogP contribution < -0.4 is 4.74 Å². The summed E-state index contributed by atoms with van der Waals surface area (Å²) in [6, 6.07) is 7.44. The second kappa shape index (κ2) is 7.14. The second-order valence-corrected chi connectivity index (χ2v) is 8.53. The molecule has 134 valence electrons. The normalized spacial score (nSPS) is 18.9. The Labute approximate surface area is 149 Å². The van der Waals surface area contributed by atoms with Crippen molar-refractivity contribution in [1.82, 2.24) is 9.29 Å². The maximum atomic E-state index is 13.2. The Morgan fingerprint density at radius 2 is 1.76 bits per heavy atom. The second-order valence-electron chi connectivity index (χ2n) is 6.66. The van der Waals surface area contributed by atoms with Crippen LogP contribution in [0, 0.1) is 20.8 Å². The molecule has 0 radical (unpaired) electrons. The highest BCUT2D eigenvalue weighted by Gasteiger charge is 2.33. The quantitative estimate of drug-likeness (QED) is 0.840. The molecule has 0 bridgehead atoms. The third-order valence-corrected chi connectivity index (χ3v) is 6.67. The summed E-state index contributed by atoms with van der Waals surface area (Å²) in [5.74, 6) is 0.724. The van der Waals surface area contributed by atoms with Crippen LogP contribution in [0.1, 0.15) is 29.5 Å². The molecule has 0 saturated carbocycles. The predicted molar refractivity (Wildman–Crippen MR) is 97.3 cm³/mol. The Hall–Kier alpha value is -1.92. The van der Waals surface area contributed by atoms with E-state index in [4.69, 9.17) is 4.74 Å². The average molecular weight is 360 g/mol. The summed E-state index contributed by atoms with van der Waals surface area (Å²) in [6.45, 7) is 6.61. The van der Waals surface area contributed by atoms with E-state index in [0.717, 1.165) is 35.3 Å². The van der Waals surface area contributed by atoms with Gasteiger partial charge in [-0.25, -0.2) is 8.42 Å². The molecule has 0 N–H and O–H groups in total. The number of hydrogen-bond donors (Lipinski definition) is 0. The first-order valence-electron chi connectivity index (χ1n) is 8.52. The van der Waals surface area contributed by atoms with Crippen LogP contribution in [0.5, 0.6) is 5.75 Å². The zero-order valence-corrected chi connectivity index (χ0v) is 15.7. The van der Waals surface area contributed by atoms with Crippen molar-refractivity contribution >= 4 is 10.0 Å². The highest BCUT2D eigenvalue weighted by Crippen LogP contribution is 2.28. The molecule has 25 heavy (non-hydrogen) atoms. The van der Waals surface area contributed by atoms with Crippen LogP contribution in [0.4, 0.5) is 0 Å². The van der Waals surface area contributed by atoms with Gasteiger partial charge in [-0.3, -0.25) is 4.98 Å². The van der Waals surface area contributed by atoms with Crippen LogP contribution in [0.3, 0.4) is 0 Å². The molecule has 0 amide bonds. The van der Waals surface area contributed by atoms with Crippen LogP contribution in [-0.4, -0.2) is 36.9 Å². The number of nitrogens with zero attached hydrogens (tertiary/aromatic N) is 2. The van der Waals surface area contributed by atoms with Crippen molar-refractivity contribution in [1.29, 1.82) is 0 Å². The van der Waals surface area contributed by atoms with Gasteiger partial charge in [0.1, 0.15) is 11.9 Å². The van der Waals surface area contributed by atoms with Crippen LogP contribution in [0.15, 0.2) is 41.6 Å². The van der Waals surface area contributed by atoms with Gasteiger partial charge in [0.25, 0.3) is 0 Å². The first kappa shape index (κ1) is 17.9. The van der Waals surface area contributed by atoms with Gasteiger partial charge in [-0.2, -0.15) is 4.31 Å². The minimum atomic E-state index is -3.52. The van der Waals surface area contributed by atoms with E-state index < -0.39 is 10.0 Å². The number of ether oxygens (including phenoxy) is 1. The van der Waals surface area contributed by atoms with Gasteiger partial charge >= 0.3 is 0 Å². The Morgan fingerprint density at radius 3 is 2.40 bits per heavy atom. The number of aromatic nitrogens is 1. The first-order valence-corrected chi connectivity index (χ1v) is 9.96. The van der Waals surface area contributed by atoms with E-state index in [0.29, 0.717) is 18.0 Å². The fourth-order valence-corrected chi connectivity index (χ4v) is 5.45. The average Bonchev–Trinajstić information content (AvgIpc) is 2.55. The fourth-order valence-electron chi connectivity index (χ4n) is 3.53. The summed E-state index contributed by atoms with van der Waals surface area (Å²) in [4.78, 5) is 4.41. The predicted octanol–water partition coefficient (Wildman–Crippen LogP) is 3.24. The van der Waals surface area contributed by atoms with Crippen molar-refractivity contribution in [3.05, 3.63) is 53.3 Å². The highest BCUT2D eigenvalue weighted by molar-refractivity contribution is 7.89. The number of aryl methyl sites for hydroxylation is 3. The van der Waals surface area contributed by atoms with Crippen molar-refractivity contribution < 1.29 is 13.2 Å². The molecule has 1 aliphatic heterocycles. The lowest BCUT2D eigenvalue weighted by atomic mass is 10.1. The Balaban J connectivity index is 1.83. The standard InChI is InChI=1S/C19H24N2O3S/c1-14-11-15(2)19(16(3)12-14)25(22,23)21-10-4-5-18(13-21)24-17-6-8-20-9-7-17/h6-9,11-12,18H,4-5,10,13H2,1-3H3. The van der Waals surface area contributed by atoms with Gasteiger partial charge in [-0.15, -0.1) is 0 Å². The molecule has 0 aliphatic carbocycles. The van der Waals surface area contributed by atoms with E-state index in [2.05, 4.69) is 4.98 Å². The van der Waals surface area contributed by atoms with Crippen molar-refractivity contribution in [2.45, 2.75) is 44.6 Å². The van der Waals surface area contributed by atoms with E-state index in [-0.39, 0.29) is 6.10 Å². The minimum Gasteiger partial charge on any atom is -0.489 e. The molecular weight excluding hydrogens is 336 g/mol. The number of pyridine rings is 1. The molecule has 6 heteroatoms. The summed E-state index contributed by atoms with van der Waals surface area (Å²) in [5, 5.41) is 0. The molecule has 1 unspecified atom stereocenters. The van der Waals surface area contributed by atoms with Crippen LogP contribution >= 0.6 is 0 Å². The maximum Gasteiger partial charge on any atom is 0.243 e. The number of piperidine rings is 1. The largest absolute Gasteiger partial charge is 0.489 e. The van der Waals surface area contributed by atoms with E-state index in [1.165, 1.54) is 0 Å². The van der Waals surface area contributed by atoms with Gasteiger partial charge < -0.3 is 4.74 Å². The van der Waals surface area contributed by atoms with Gasteiger partial charge in [0, 0.05) is 18.9 Å². The van der Waals surface area contributed by atoms with Gasteiger partial charge in [0.2, 0.25) is 10.0 Å². The van der Waals surface area contributed by atoms with Crippen molar-refractivity contribution in [2.75, 3.05) is 13.1 Å². The molecular formula is C19H24N2O3S. The number of hydrogen-bond acceptors (Lipinski definition) is 4. The minimum absolute atomic E-state index is 0.142. The van der Waals surface area contributed by atoms with E-state index in [1.54, 1.807) is 28.8 Å². The van der Waals surface area contributed by atoms with Crippen molar-refractivity contribution in [3.8, 4) is 5.75 Å². The third-order valence-electron chi connectivity index (χ3n) is 4.50. The third kappa shape index (κ3) is 3.85. The van der Waals surface area contributed by atoms with Gasteiger partial charge in [0.15, 0.2) is 0 Å². The lowest BCUT2D eigenvalue weighted by molar-refractivity contribution is 0.129. The number of benzene rings is 1. The molecule has 1 saturated heterocycles. The Morgan fingerprint density at radius 1 is 1.12 bits per heavy atom. The zero-order valence-electron chi connectivity index (χ0n) is 14.9. The summed E-state index contributed by atoms with van der Waals surface area (Å²) < 4.78 is 33.9. The highest BCUT2D eigenvalue weighted by atomic mass is 32.2. The molecule has 1 aliphatic rings. The summed E-state index contributed by atoms with van der Waals surface area (Å²) in [6.07, 6.45) is 4.84. The molecule has 0 spiro atoms. The Kier molecular flexibility index (Phi) is 5.11. The smallest absolute Gasteiger partial charge is 0.243 e. The zero-order chi connectivity index (χ0) is 18.0. The molecule has 1 aromatic heterocycles. The van der Waals surface area contributed by atoms with Gasteiger partial charge in [-0.1, -0.05) is 17.7 Å². The summed E-state index contributed by atoms with van der Waals surface area (Å²) in [7, 11) is -3.52. The van der Waals surface area contributed by atoms with Crippen LogP contribution in [0.2, 0.25) is 0 Å². The lowest BCUT2D eigenvalue weighted by Gasteiger charge is -2.32. The van der Waals surface area contributed by atoms with E-state index in [9.17, 15) is 8.42 Å². The molecule has 1 atom stereocenters. The lowest BCUT2D eigenvalue weighted by Crippen LogP contribution is -2.44. The molecule has 1 aromatic carbocycles. The van der Waals surface area contributed by atoms with E-state index >= 15 is 0 Å². The Bertz CT molecular complexity index is 827. The van der Waals surface area contributed by atoms with Gasteiger partial charge in [-0.05, 0) is 56.9 Å². The topological polar surface area (TPSA) is 59.5 Å². The maximum absolute atomic E-state index is 13.2. The molecule has 2 aromatic rings. The molecule has 2 heterocycles. The molecule has 5 nitrogen and oxygen atoms in total. The SMILES string of the molecule is Cc1cc(C)c(S(=O)(=O)N2CCCC(Oc3ccncc3)C2)c(C)c1. The van der Waals surface area contributed by atoms with E-state index in [1.807, 2.05) is 32.9 Å². The molecule has 1 fully saturated rings. The van der Waals surface area contributed by atoms with Crippen LogP contribution in [0.25, 0.3) is 0 Å². The van der Waals surface area contributed by atoms with Crippen molar-refractivity contribution in [3.63, 3.8) is 0 Å². The van der Waals surface area contributed by atoms with Crippen molar-refractivity contribution in [2.24, 2.45) is 0 Å². The monoisotopic (exact) mass is 360 g/mol. The summed E-state index contributed by atoms with van der Waals surface area (Å²) >= 11 is 0. The van der Waals surface area contributed by atoms with Gasteiger partial charge in [0.05, 0.1) is 11.4 Å². The molecule has 3 rings (SSSR count). The first-order chi connectivity index (χ1) is 11.9. The van der Waals surface area contributed by atoms with Crippen LogP contribution in [-0.2, 0) is 10.0 Å². The fraction of sp³-hybridized carbons (Fsp3) is 0.421.